The zero-order chi connectivity index (χ0) is 23.2. The van der Waals surface area contributed by atoms with Gasteiger partial charge < -0.3 is 25.6 Å². The van der Waals surface area contributed by atoms with Gasteiger partial charge in [-0.3, -0.25) is 0 Å². The number of rotatable bonds is 7. The van der Waals surface area contributed by atoms with Crippen molar-refractivity contribution in [3.05, 3.63) is 29.6 Å². The van der Waals surface area contributed by atoms with Crippen LogP contribution in [0.4, 0.5) is 22.2 Å². The fourth-order valence-electron chi connectivity index (χ4n) is 4.85. The molecule has 180 valence electrons. The lowest BCUT2D eigenvalue weighted by Gasteiger charge is -2.37. The van der Waals surface area contributed by atoms with E-state index in [1.165, 1.54) is 38.9 Å². The first-order valence-corrected chi connectivity index (χ1v) is 12.1. The van der Waals surface area contributed by atoms with Crippen LogP contribution < -0.4 is 20.7 Å². The lowest BCUT2D eigenvalue weighted by molar-refractivity contribution is 0.248. The molecule has 1 aliphatic carbocycles. The summed E-state index contributed by atoms with van der Waals surface area (Å²) in [6.07, 6.45) is 9.19. The smallest absolute Gasteiger partial charge is 0.232 e. The number of anilines is 3. The van der Waals surface area contributed by atoms with Crippen molar-refractivity contribution in [3.8, 4) is 5.75 Å². The Bertz CT molecular complexity index is 912. The van der Waals surface area contributed by atoms with Crippen molar-refractivity contribution in [1.82, 2.24) is 19.9 Å². The van der Waals surface area contributed by atoms with Crippen molar-refractivity contribution in [1.29, 1.82) is 0 Å². The summed E-state index contributed by atoms with van der Waals surface area (Å²) in [6.45, 7) is 2.47. The molecule has 3 N–H and O–H groups in total. The first-order chi connectivity index (χ1) is 16.0. The normalized spacial score (nSPS) is 18.6. The maximum atomic E-state index is 14.4. The number of benzene rings is 1. The number of hydrogen-bond acceptors (Lipinski definition) is 8. The van der Waals surface area contributed by atoms with Crippen LogP contribution in [0.25, 0.3) is 0 Å². The number of hydrogen-bond donors (Lipinski definition) is 2. The first-order valence-electron chi connectivity index (χ1n) is 12.1. The molecule has 8 nitrogen and oxygen atoms in total. The molecule has 0 unspecified atom stereocenters. The number of aromatic nitrogens is 3. The van der Waals surface area contributed by atoms with Crippen LogP contribution in [0.1, 0.15) is 56.9 Å². The second-order valence-corrected chi connectivity index (χ2v) is 9.28. The fourth-order valence-corrected chi connectivity index (χ4v) is 4.85. The van der Waals surface area contributed by atoms with Gasteiger partial charge in [0.05, 0.1) is 7.11 Å². The number of likely N-dealkylation sites (tertiary alicyclic amines) is 1. The molecule has 1 aromatic heterocycles. The quantitative estimate of drug-likeness (QED) is 0.606. The van der Waals surface area contributed by atoms with Gasteiger partial charge in [-0.05, 0) is 63.5 Å². The number of halogens is 1. The summed E-state index contributed by atoms with van der Waals surface area (Å²) in [4.78, 5) is 18.1. The van der Waals surface area contributed by atoms with Crippen LogP contribution >= 0.6 is 0 Å². The number of ether oxygens (including phenoxy) is 1. The average Bonchev–Trinajstić information content (AvgIpc) is 3.06. The molecule has 2 aromatic rings. The van der Waals surface area contributed by atoms with Crippen molar-refractivity contribution >= 4 is 17.8 Å². The Hall–Kier alpha value is -2.68. The highest BCUT2D eigenvalue weighted by molar-refractivity contribution is 5.44. The molecule has 33 heavy (non-hydrogen) atoms. The third kappa shape index (κ3) is 6.22. The summed E-state index contributed by atoms with van der Waals surface area (Å²) in [5.41, 5.74) is 6.96. The van der Waals surface area contributed by atoms with Crippen molar-refractivity contribution < 1.29 is 9.13 Å². The molecule has 2 heterocycles. The molecule has 0 amide bonds. The van der Waals surface area contributed by atoms with Crippen LogP contribution in [0.3, 0.4) is 0 Å². The lowest BCUT2D eigenvalue weighted by atomic mass is 10.0. The van der Waals surface area contributed by atoms with Crippen LogP contribution in [0, 0.1) is 5.82 Å². The van der Waals surface area contributed by atoms with Crippen molar-refractivity contribution in [2.24, 2.45) is 0 Å². The molecule has 0 spiro atoms. The Morgan fingerprint density at radius 3 is 2.48 bits per heavy atom. The van der Waals surface area contributed by atoms with Gasteiger partial charge in [0, 0.05) is 18.6 Å². The van der Waals surface area contributed by atoms with Crippen molar-refractivity contribution in [2.75, 3.05) is 43.2 Å². The van der Waals surface area contributed by atoms with E-state index in [1.807, 2.05) is 6.07 Å². The van der Waals surface area contributed by atoms with Gasteiger partial charge in [-0.2, -0.15) is 15.0 Å². The van der Waals surface area contributed by atoms with Gasteiger partial charge in [-0.25, -0.2) is 4.39 Å². The van der Waals surface area contributed by atoms with Gasteiger partial charge in [0.1, 0.15) is 0 Å². The third-order valence-electron chi connectivity index (χ3n) is 6.78. The zero-order valence-corrected chi connectivity index (χ0v) is 19.8. The molecule has 0 atom stereocenters. The van der Waals surface area contributed by atoms with Gasteiger partial charge in [-0.1, -0.05) is 31.7 Å². The summed E-state index contributed by atoms with van der Waals surface area (Å²) in [5, 5.41) is 3.50. The highest BCUT2D eigenvalue weighted by Gasteiger charge is 2.27. The summed E-state index contributed by atoms with van der Waals surface area (Å²) in [5.74, 6) is 1.15. The van der Waals surface area contributed by atoms with Gasteiger partial charge in [0.2, 0.25) is 17.8 Å². The van der Waals surface area contributed by atoms with Crippen molar-refractivity contribution in [3.63, 3.8) is 0 Å². The predicted molar refractivity (Wildman–Crippen MR) is 129 cm³/mol. The minimum atomic E-state index is -0.371. The average molecular weight is 458 g/mol. The molecule has 4 rings (SSSR count). The van der Waals surface area contributed by atoms with Crippen LogP contribution in [-0.2, 0) is 6.54 Å². The Kier molecular flexibility index (Phi) is 7.80. The van der Waals surface area contributed by atoms with Crippen LogP contribution in [0.5, 0.6) is 5.75 Å². The molecular formula is C24H36FN7O. The number of nitrogens with one attached hydrogen (secondary N) is 1. The van der Waals surface area contributed by atoms with E-state index in [-0.39, 0.29) is 23.6 Å². The van der Waals surface area contributed by atoms with E-state index in [9.17, 15) is 4.39 Å². The molecule has 1 saturated carbocycles. The van der Waals surface area contributed by atoms with E-state index < -0.39 is 0 Å². The Morgan fingerprint density at radius 2 is 1.82 bits per heavy atom. The SMILES string of the molecule is COc1ccc(CN(c2nc(N)nc(NC3CCCCCC3)n2)C2CCN(C)CC2)cc1F. The zero-order valence-electron chi connectivity index (χ0n) is 19.8. The summed E-state index contributed by atoms with van der Waals surface area (Å²) < 4.78 is 19.5. The largest absolute Gasteiger partial charge is 0.494 e. The van der Waals surface area contributed by atoms with Crippen molar-refractivity contribution in [2.45, 2.75) is 70.0 Å². The molecule has 1 aliphatic heterocycles. The molecule has 2 fully saturated rings. The number of nitrogen functional groups attached to an aromatic ring is 1. The monoisotopic (exact) mass is 457 g/mol. The second-order valence-electron chi connectivity index (χ2n) is 9.28. The van der Waals surface area contributed by atoms with Crippen LogP contribution in [0.15, 0.2) is 18.2 Å². The highest BCUT2D eigenvalue weighted by atomic mass is 19.1. The van der Waals surface area contributed by atoms with E-state index >= 15 is 0 Å². The number of nitrogens with two attached hydrogens (primary N) is 1. The number of methoxy groups -OCH3 is 1. The Labute approximate surface area is 195 Å². The van der Waals surface area contributed by atoms with E-state index in [2.05, 4.69) is 32.1 Å². The molecule has 0 bridgehead atoms. The lowest BCUT2D eigenvalue weighted by Crippen LogP contribution is -2.44. The second kappa shape index (κ2) is 11.0. The van der Waals surface area contributed by atoms with Gasteiger partial charge >= 0.3 is 0 Å². The molecule has 2 aliphatic rings. The first kappa shape index (κ1) is 23.5. The topological polar surface area (TPSA) is 92.4 Å². The summed E-state index contributed by atoms with van der Waals surface area (Å²) in [6, 6.07) is 5.67. The standard InChI is InChI=1S/C24H36FN7O/c1-31-13-11-19(12-14-31)32(16-17-9-10-21(33-2)20(25)15-17)24-29-22(26)28-23(30-24)27-18-7-5-3-4-6-8-18/h9-10,15,18-19H,3-8,11-14,16H2,1-2H3,(H3,26,27,28,29,30). The molecule has 9 heteroatoms. The minimum absolute atomic E-state index is 0.204. The molecule has 1 saturated heterocycles. The maximum Gasteiger partial charge on any atom is 0.232 e. The highest BCUT2D eigenvalue weighted by Crippen LogP contribution is 2.27. The molecule has 1 aromatic carbocycles. The number of nitrogens with zero attached hydrogens (tertiary/aromatic N) is 5. The molecular weight excluding hydrogens is 421 g/mol. The van der Waals surface area contributed by atoms with Gasteiger partial charge in [-0.15, -0.1) is 0 Å². The fraction of sp³-hybridized carbons (Fsp3) is 0.625. The summed E-state index contributed by atoms with van der Waals surface area (Å²) >= 11 is 0. The van der Waals surface area contributed by atoms with Gasteiger partial charge in [0.25, 0.3) is 0 Å². The summed E-state index contributed by atoms with van der Waals surface area (Å²) in [7, 11) is 3.61. The van der Waals surface area contributed by atoms with E-state index in [4.69, 9.17) is 15.5 Å². The van der Waals surface area contributed by atoms with E-state index in [0.29, 0.717) is 24.5 Å². The minimum Gasteiger partial charge on any atom is -0.494 e. The molecule has 0 radical (unpaired) electrons. The van der Waals surface area contributed by atoms with Gasteiger partial charge in [0.15, 0.2) is 11.6 Å². The maximum absolute atomic E-state index is 14.4. The van der Waals surface area contributed by atoms with E-state index in [0.717, 1.165) is 44.3 Å². The predicted octanol–water partition coefficient (Wildman–Crippen LogP) is 3.84. The van der Waals surface area contributed by atoms with Crippen LogP contribution in [-0.4, -0.2) is 59.2 Å². The van der Waals surface area contributed by atoms with Crippen LogP contribution in [0.2, 0.25) is 0 Å². The number of piperidine rings is 1. The Balaban J connectivity index is 1.60. The third-order valence-corrected chi connectivity index (χ3v) is 6.78. The Morgan fingerprint density at radius 1 is 1.09 bits per heavy atom. The van der Waals surface area contributed by atoms with E-state index in [1.54, 1.807) is 6.07 Å².